The Morgan fingerprint density at radius 3 is 2.70 bits per heavy atom. The van der Waals surface area contributed by atoms with Gasteiger partial charge in [0.1, 0.15) is 11.9 Å². The van der Waals surface area contributed by atoms with Crippen LogP contribution in [0.15, 0.2) is 28.8 Å². The van der Waals surface area contributed by atoms with Crippen LogP contribution in [0.2, 0.25) is 0 Å². The summed E-state index contributed by atoms with van der Waals surface area (Å²) in [5.41, 5.74) is 0.732. The normalized spacial score (nSPS) is 17.9. The smallest absolute Gasteiger partial charge is 0.226 e. The van der Waals surface area contributed by atoms with Crippen LogP contribution in [0.4, 0.5) is 4.39 Å². The number of carbonyl (C=O) groups excluding carboxylic acids is 1. The van der Waals surface area contributed by atoms with Crippen molar-refractivity contribution in [3.8, 4) is 0 Å². The molecule has 0 aliphatic carbocycles. The summed E-state index contributed by atoms with van der Waals surface area (Å²) >= 11 is 0. The number of aryl methyl sites for hydroxylation is 1. The third-order valence-electron chi connectivity index (χ3n) is 4.58. The second-order valence-electron chi connectivity index (χ2n) is 7.87. The van der Waals surface area contributed by atoms with E-state index in [-0.39, 0.29) is 23.2 Å². The van der Waals surface area contributed by atoms with Gasteiger partial charge in [0.05, 0.1) is 13.2 Å². The van der Waals surface area contributed by atoms with E-state index in [0.29, 0.717) is 50.7 Å². The van der Waals surface area contributed by atoms with Crippen molar-refractivity contribution in [3.63, 3.8) is 0 Å². The van der Waals surface area contributed by atoms with Gasteiger partial charge >= 0.3 is 0 Å². The summed E-state index contributed by atoms with van der Waals surface area (Å²) in [6, 6.07) is 6.23. The first-order valence-electron chi connectivity index (χ1n) is 9.31. The van der Waals surface area contributed by atoms with Crippen molar-refractivity contribution >= 4 is 5.91 Å². The predicted molar refractivity (Wildman–Crippen MR) is 97.6 cm³/mol. The van der Waals surface area contributed by atoms with Gasteiger partial charge in [-0.25, -0.2) is 4.39 Å². The first kappa shape index (κ1) is 19.5. The average molecular weight is 375 g/mol. The Kier molecular flexibility index (Phi) is 5.89. The van der Waals surface area contributed by atoms with Gasteiger partial charge in [0.15, 0.2) is 5.82 Å². The van der Waals surface area contributed by atoms with Gasteiger partial charge in [-0.2, -0.15) is 4.98 Å². The summed E-state index contributed by atoms with van der Waals surface area (Å²) in [5, 5.41) is 4.00. The average Bonchev–Trinajstić information content (AvgIpc) is 3.12. The number of halogens is 1. The molecule has 1 fully saturated rings. The van der Waals surface area contributed by atoms with Crippen LogP contribution in [0.1, 0.15) is 57.0 Å². The molecule has 0 bridgehead atoms. The SMILES string of the molecule is CC(C)(C)c1noc(CCCC(=O)N2CCO[C@H](c3ccc(F)cc3)C2)n1. The van der Waals surface area contributed by atoms with Gasteiger partial charge in [-0.3, -0.25) is 4.79 Å². The minimum atomic E-state index is -0.280. The van der Waals surface area contributed by atoms with Crippen LogP contribution < -0.4 is 0 Å². The van der Waals surface area contributed by atoms with E-state index < -0.39 is 0 Å². The van der Waals surface area contributed by atoms with Gasteiger partial charge in [0.2, 0.25) is 11.8 Å². The van der Waals surface area contributed by atoms with E-state index in [1.807, 2.05) is 25.7 Å². The summed E-state index contributed by atoms with van der Waals surface area (Å²) in [6.07, 6.45) is 1.45. The molecule has 6 nitrogen and oxygen atoms in total. The number of amides is 1. The molecule has 146 valence electrons. The van der Waals surface area contributed by atoms with E-state index in [4.69, 9.17) is 9.26 Å². The van der Waals surface area contributed by atoms with Crippen molar-refractivity contribution in [1.82, 2.24) is 15.0 Å². The lowest BCUT2D eigenvalue weighted by atomic mass is 9.96. The second-order valence-corrected chi connectivity index (χ2v) is 7.87. The molecule has 0 unspecified atom stereocenters. The standard InChI is InChI=1S/C20H26FN3O3/c1-20(2,3)19-22-17(27-23-19)5-4-6-18(25)24-11-12-26-16(13-24)14-7-9-15(21)10-8-14/h7-10,16H,4-6,11-13H2,1-3H3/t16-/m0/s1. The number of hydrogen-bond acceptors (Lipinski definition) is 5. The van der Waals surface area contributed by atoms with Crippen LogP contribution in [-0.4, -0.2) is 40.6 Å². The number of hydrogen-bond donors (Lipinski definition) is 0. The molecule has 1 aliphatic rings. The molecule has 0 N–H and O–H groups in total. The number of ether oxygens (including phenoxy) is 1. The van der Waals surface area contributed by atoms with E-state index in [1.165, 1.54) is 12.1 Å². The van der Waals surface area contributed by atoms with E-state index in [9.17, 15) is 9.18 Å². The Balaban J connectivity index is 1.49. The van der Waals surface area contributed by atoms with Crippen molar-refractivity contribution in [2.24, 2.45) is 0 Å². The number of nitrogens with zero attached hydrogens (tertiary/aromatic N) is 3. The molecule has 1 aliphatic heterocycles. The largest absolute Gasteiger partial charge is 0.370 e. The van der Waals surface area contributed by atoms with E-state index in [0.717, 1.165) is 5.56 Å². The van der Waals surface area contributed by atoms with Gasteiger partial charge in [0, 0.05) is 24.8 Å². The molecule has 7 heteroatoms. The Morgan fingerprint density at radius 1 is 1.30 bits per heavy atom. The highest BCUT2D eigenvalue weighted by Gasteiger charge is 2.25. The lowest BCUT2D eigenvalue weighted by Crippen LogP contribution is -2.42. The third-order valence-corrected chi connectivity index (χ3v) is 4.58. The molecule has 0 spiro atoms. The quantitative estimate of drug-likeness (QED) is 0.801. The summed E-state index contributed by atoms with van der Waals surface area (Å²) < 4.78 is 24.1. The van der Waals surface area contributed by atoms with E-state index in [1.54, 1.807) is 12.1 Å². The van der Waals surface area contributed by atoms with Crippen LogP contribution in [0.3, 0.4) is 0 Å². The maximum absolute atomic E-state index is 13.1. The third kappa shape index (κ3) is 5.13. The first-order valence-corrected chi connectivity index (χ1v) is 9.31. The summed E-state index contributed by atoms with van der Waals surface area (Å²) in [7, 11) is 0. The molecule has 3 rings (SSSR count). The zero-order chi connectivity index (χ0) is 19.4. The highest BCUT2D eigenvalue weighted by molar-refractivity contribution is 5.76. The first-order chi connectivity index (χ1) is 12.8. The highest BCUT2D eigenvalue weighted by atomic mass is 19.1. The molecule has 27 heavy (non-hydrogen) atoms. The molecule has 1 aromatic carbocycles. The number of rotatable bonds is 5. The lowest BCUT2D eigenvalue weighted by molar-refractivity contribution is -0.139. The molecule has 1 atom stereocenters. The van der Waals surface area contributed by atoms with Crippen LogP contribution in [0, 0.1) is 5.82 Å². The second kappa shape index (κ2) is 8.17. The maximum atomic E-state index is 13.1. The Morgan fingerprint density at radius 2 is 2.04 bits per heavy atom. The van der Waals surface area contributed by atoms with Crippen LogP contribution in [-0.2, 0) is 21.4 Å². The Bertz CT molecular complexity index is 768. The van der Waals surface area contributed by atoms with Gasteiger partial charge in [-0.05, 0) is 24.1 Å². The highest BCUT2D eigenvalue weighted by Crippen LogP contribution is 2.23. The van der Waals surface area contributed by atoms with Gasteiger partial charge in [-0.15, -0.1) is 0 Å². The minimum absolute atomic E-state index is 0.0842. The van der Waals surface area contributed by atoms with Crippen LogP contribution in [0.5, 0.6) is 0 Å². The van der Waals surface area contributed by atoms with E-state index in [2.05, 4.69) is 10.1 Å². The molecular weight excluding hydrogens is 349 g/mol. The summed E-state index contributed by atoms with van der Waals surface area (Å²) in [4.78, 5) is 18.7. The fraction of sp³-hybridized carbons (Fsp3) is 0.550. The minimum Gasteiger partial charge on any atom is -0.370 e. The molecule has 0 saturated carbocycles. The molecule has 1 aromatic heterocycles. The number of morpholine rings is 1. The van der Waals surface area contributed by atoms with Crippen molar-refractivity contribution in [3.05, 3.63) is 47.4 Å². The predicted octanol–water partition coefficient (Wildman–Crippen LogP) is 3.43. The fourth-order valence-electron chi connectivity index (χ4n) is 2.96. The van der Waals surface area contributed by atoms with E-state index >= 15 is 0 Å². The monoisotopic (exact) mass is 375 g/mol. The molecule has 1 amide bonds. The van der Waals surface area contributed by atoms with Crippen molar-refractivity contribution in [1.29, 1.82) is 0 Å². The summed E-state index contributed by atoms with van der Waals surface area (Å²) in [5.74, 6) is 1.05. The fourth-order valence-corrected chi connectivity index (χ4v) is 2.96. The number of benzene rings is 1. The van der Waals surface area contributed by atoms with Crippen molar-refractivity contribution < 1.29 is 18.4 Å². The van der Waals surface area contributed by atoms with Gasteiger partial charge < -0.3 is 14.2 Å². The Labute approximate surface area is 158 Å². The summed E-state index contributed by atoms with van der Waals surface area (Å²) in [6.45, 7) is 7.63. The number of carbonyl (C=O) groups is 1. The zero-order valence-electron chi connectivity index (χ0n) is 16.1. The molecule has 0 radical (unpaired) electrons. The maximum Gasteiger partial charge on any atom is 0.226 e. The topological polar surface area (TPSA) is 68.5 Å². The molecular formula is C20H26FN3O3. The van der Waals surface area contributed by atoms with Gasteiger partial charge in [-0.1, -0.05) is 38.1 Å². The van der Waals surface area contributed by atoms with Gasteiger partial charge in [0.25, 0.3) is 0 Å². The van der Waals surface area contributed by atoms with Crippen molar-refractivity contribution in [2.75, 3.05) is 19.7 Å². The number of aromatic nitrogens is 2. The van der Waals surface area contributed by atoms with Crippen LogP contribution >= 0.6 is 0 Å². The molecule has 2 heterocycles. The van der Waals surface area contributed by atoms with Crippen molar-refractivity contribution in [2.45, 2.75) is 51.6 Å². The zero-order valence-corrected chi connectivity index (χ0v) is 16.1. The molecule has 1 saturated heterocycles. The van der Waals surface area contributed by atoms with Crippen LogP contribution in [0.25, 0.3) is 0 Å². The lowest BCUT2D eigenvalue weighted by Gasteiger charge is -2.33. The molecule has 2 aromatic rings. The Hall–Kier alpha value is -2.28.